The molecule has 0 aliphatic carbocycles. The minimum absolute atomic E-state index is 0.0563. The molecule has 0 bridgehead atoms. The van der Waals surface area contributed by atoms with Gasteiger partial charge in [0.1, 0.15) is 0 Å². The summed E-state index contributed by atoms with van der Waals surface area (Å²) in [6, 6.07) is 9.26. The lowest BCUT2D eigenvalue weighted by atomic mass is 9.97. The molecule has 1 aromatic heterocycles. The van der Waals surface area contributed by atoms with Gasteiger partial charge in [-0.25, -0.2) is 4.68 Å². The highest BCUT2D eigenvalue weighted by molar-refractivity contribution is 5.94. The predicted octanol–water partition coefficient (Wildman–Crippen LogP) is 1.52. The van der Waals surface area contributed by atoms with E-state index in [0.29, 0.717) is 18.7 Å². The number of benzene rings is 1. The van der Waals surface area contributed by atoms with Crippen molar-refractivity contribution >= 4 is 11.8 Å². The highest BCUT2D eigenvalue weighted by atomic mass is 16.2. The number of primary amides is 1. The first-order chi connectivity index (χ1) is 11.0. The first kappa shape index (κ1) is 15.3. The summed E-state index contributed by atoms with van der Waals surface area (Å²) in [7, 11) is 0. The van der Waals surface area contributed by atoms with Crippen LogP contribution in [0, 0.1) is 12.8 Å². The summed E-state index contributed by atoms with van der Waals surface area (Å²) in [5, 5.41) is 4.34. The van der Waals surface area contributed by atoms with Gasteiger partial charge in [0.05, 0.1) is 17.3 Å². The molecule has 1 fully saturated rings. The number of carbonyl (C=O) groups excluding carboxylic acids is 2. The van der Waals surface area contributed by atoms with Crippen molar-refractivity contribution in [1.29, 1.82) is 0 Å². The molecule has 23 heavy (non-hydrogen) atoms. The Morgan fingerprint density at radius 2 is 1.96 bits per heavy atom. The normalized spacial score (nSPS) is 18.0. The van der Waals surface area contributed by atoms with Gasteiger partial charge in [-0.05, 0) is 50.1 Å². The van der Waals surface area contributed by atoms with Crippen molar-refractivity contribution in [2.75, 3.05) is 13.1 Å². The number of piperidine rings is 1. The zero-order valence-electron chi connectivity index (χ0n) is 13.1. The molecular weight excluding hydrogens is 292 g/mol. The molecule has 3 rings (SSSR count). The summed E-state index contributed by atoms with van der Waals surface area (Å²) >= 11 is 0. The largest absolute Gasteiger partial charge is 0.369 e. The lowest BCUT2D eigenvalue weighted by molar-refractivity contribution is -0.123. The molecule has 0 radical (unpaired) electrons. The zero-order valence-corrected chi connectivity index (χ0v) is 13.1. The van der Waals surface area contributed by atoms with E-state index < -0.39 is 0 Å². The van der Waals surface area contributed by atoms with Gasteiger partial charge in [0.25, 0.3) is 5.91 Å². The van der Waals surface area contributed by atoms with Crippen LogP contribution in [0.15, 0.2) is 36.5 Å². The highest BCUT2D eigenvalue weighted by Crippen LogP contribution is 2.19. The molecule has 1 aliphatic heterocycles. The fourth-order valence-corrected chi connectivity index (χ4v) is 2.89. The van der Waals surface area contributed by atoms with E-state index in [9.17, 15) is 9.59 Å². The predicted molar refractivity (Wildman–Crippen MR) is 86.1 cm³/mol. The Morgan fingerprint density at radius 1 is 1.22 bits per heavy atom. The van der Waals surface area contributed by atoms with Gasteiger partial charge in [-0.1, -0.05) is 0 Å². The van der Waals surface area contributed by atoms with Gasteiger partial charge in [-0.2, -0.15) is 5.10 Å². The van der Waals surface area contributed by atoms with Gasteiger partial charge in [-0.15, -0.1) is 0 Å². The number of rotatable bonds is 3. The number of aryl methyl sites for hydroxylation is 1. The smallest absolute Gasteiger partial charge is 0.253 e. The first-order valence-corrected chi connectivity index (χ1v) is 7.76. The number of hydrogen-bond acceptors (Lipinski definition) is 3. The lowest BCUT2D eigenvalue weighted by Crippen LogP contribution is -2.44. The van der Waals surface area contributed by atoms with Gasteiger partial charge < -0.3 is 10.6 Å². The quantitative estimate of drug-likeness (QED) is 0.933. The molecule has 0 spiro atoms. The van der Waals surface area contributed by atoms with E-state index in [4.69, 9.17) is 5.73 Å². The fourth-order valence-electron chi connectivity index (χ4n) is 2.89. The lowest BCUT2D eigenvalue weighted by Gasteiger charge is -2.31. The summed E-state index contributed by atoms with van der Waals surface area (Å²) in [6.07, 6.45) is 3.45. The Bertz CT molecular complexity index is 720. The van der Waals surface area contributed by atoms with Crippen molar-refractivity contribution < 1.29 is 9.59 Å². The van der Waals surface area contributed by atoms with Gasteiger partial charge >= 0.3 is 0 Å². The maximum absolute atomic E-state index is 12.6. The van der Waals surface area contributed by atoms with Crippen LogP contribution in [0.3, 0.4) is 0 Å². The number of amides is 2. The Labute approximate surface area is 134 Å². The van der Waals surface area contributed by atoms with Crippen molar-refractivity contribution in [2.24, 2.45) is 11.7 Å². The van der Waals surface area contributed by atoms with Gasteiger partial charge in [0.15, 0.2) is 0 Å². The minimum atomic E-state index is -0.327. The maximum atomic E-state index is 12.6. The van der Waals surface area contributed by atoms with Crippen LogP contribution in [0.2, 0.25) is 0 Å². The fraction of sp³-hybridized carbons (Fsp3) is 0.353. The maximum Gasteiger partial charge on any atom is 0.253 e. The Morgan fingerprint density at radius 3 is 2.57 bits per heavy atom. The summed E-state index contributed by atoms with van der Waals surface area (Å²) < 4.78 is 1.77. The second-order valence-corrected chi connectivity index (χ2v) is 5.94. The van der Waals surface area contributed by atoms with E-state index >= 15 is 0 Å². The molecule has 0 unspecified atom stereocenters. The summed E-state index contributed by atoms with van der Waals surface area (Å²) in [4.78, 5) is 25.6. The van der Waals surface area contributed by atoms with Crippen molar-refractivity contribution in [3.63, 3.8) is 0 Å². The van der Waals surface area contributed by atoms with Crippen LogP contribution in [0.25, 0.3) is 5.69 Å². The second-order valence-electron chi connectivity index (χ2n) is 5.94. The molecule has 6 nitrogen and oxygen atoms in total. The van der Waals surface area contributed by atoms with Crippen LogP contribution in [-0.2, 0) is 4.79 Å². The van der Waals surface area contributed by atoms with Crippen LogP contribution >= 0.6 is 0 Å². The third-order valence-corrected chi connectivity index (χ3v) is 4.21. The molecule has 2 heterocycles. The second kappa shape index (κ2) is 6.24. The molecule has 1 aliphatic rings. The number of aromatic nitrogens is 2. The molecule has 0 saturated carbocycles. The van der Waals surface area contributed by atoms with Crippen LogP contribution < -0.4 is 5.73 Å². The van der Waals surface area contributed by atoms with Crippen molar-refractivity contribution in [1.82, 2.24) is 14.7 Å². The van der Waals surface area contributed by atoms with Crippen LogP contribution in [0.5, 0.6) is 0 Å². The third kappa shape index (κ3) is 3.26. The molecule has 6 heteroatoms. The SMILES string of the molecule is Cc1ccn(-c2ccc(C(=O)N3CCC[C@@H](C(N)=O)C3)cc2)n1. The van der Waals surface area contributed by atoms with Crippen molar-refractivity contribution in [2.45, 2.75) is 19.8 Å². The molecule has 2 aromatic rings. The molecule has 1 aromatic carbocycles. The zero-order chi connectivity index (χ0) is 16.4. The topological polar surface area (TPSA) is 81.2 Å². The summed E-state index contributed by atoms with van der Waals surface area (Å²) in [5.41, 5.74) is 7.83. The van der Waals surface area contributed by atoms with Crippen molar-refractivity contribution in [3.8, 4) is 5.69 Å². The van der Waals surface area contributed by atoms with E-state index in [1.54, 1.807) is 21.7 Å². The van der Waals surface area contributed by atoms with E-state index in [-0.39, 0.29) is 17.7 Å². The highest BCUT2D eigenvalue weighted by Gasteiger charge is 2.27. The van der Waals surface area contributed by atoms with Crippen LogP contribution in [-0.4, -0.2) is 39.6 Å². The minimum Gasteiger partial charge on any atom is -0.369 e. The molecule has 2 N–H and O–H groups in total. The van der Waals surface area contributed by atoms with Gasteiger partial charge in [0.2, 0.25) is 5.91 Å². The molecule has 2 amide bonds. The average Bonchev–Trinajstić information content (AvgIpc) is 3.01. The Balaban J connectivity index is 1.74. The van der Waals surface area contributed by atoms with Crippen LogP contribution in [0.4, 0.5) is 0 Å². The molecular formula is C17H20N4O2. The number of nitrogens with two attached hydrogens (primary N) is 1. The number of nitrogens with zero attached hydrogens (tertiary/aromatic N) is 3. The van der Waals surface area contributed by atoms with E-state index in [1.165, 1.54) is 0 Å². The van der Waals surface area contributed by atoms with Gasteiger partial charge in [0, 0.05) is 24.8 Å². The van der Waals surface area contributed by atoms with E-state index in [2.05, 4.69) is 5.10 Å². The Hall–Kier alpha value is -2.63. The van der Waals surface area contributed by atoms with Crippen LogP contribution in [0.1, 0.15) is 28.9 Å². The third-order valence-electron chi connectivity index (χ3n) is 4.21. The number of carbonyl (C=O) groups is 2. The van der Waals surface area contributed by atoms with Crippen molar-refractivity contribution in [3.05, 3.63) is 47.8 Å². The number of hydrogen-bond donors (Lipinski definition) is 1. The monoisotopic (exact) mass is 312 g/mol. The Kier molecular flexibility index (Phi) is 4.14. The molecule has 1 saturated heterocycles. The van der Waals surface area contributed by atoms with Gasteiger partial charge in [-0.3, -0.25) is 9.59 Å². The first-order valence-electron chi connectivity index (χ1n) is 7.76. The van der Waals surface area contributed by atoms with E-state index in [0.717, 1.165) is 24.2 Å². The average molecular weight is 312 g/mol. The van der Waals surface area contributed by atoms with E-state index in [1.807, 2.05) is 31.3 Å². The molecule has 1 atom stereocenters. The number of likely N-dealkylation sites (tertiary alicyclic amines) is 1. The summed E-state index contributed by atoms with van der Waals surface area (Å²) in [6.45, 7) is 3.01. The molecule has 120 valence electrons. The summed E-state index contributed by atoms with van der Waals surface area (Å²) in [5.74, 6) is -0.620. The standard InChI is InChI=1S/C17H20N4O2/c1-12-8-10-21(19-12)15-6-4-13(5-7-15)17(23)20-9-2-3-14(11-20)16(18)22/h4-8,10,14H,2-3,9,11H2,1H3,(H2,18,22)/t14-/m1/s1.